The lowest BCUT2D eigenvalue weighted by molar-refractivity contribution is 0.259. The van der Waals surface area contributed by atoms with E-state index in [1.807, 2.05) is 12.3 Å². The summed E-state index contributed by atoms with van der Waals surface area (Å²) in [6, 6.07) is 8.38. The van der Waals surface area contributed by atoms with Crippen LogP contribution in [0.4, 0.5) is 0 Å². The van der Waals surface area contributed by atoms with Gasteiger partial charge < -0.3 is 9.32 Å². The lowest BCUT2D eigenvalue weighted by Crippen LogP contribution is -2.24. The summed E-state index contributed by atoms with van der Waals surface area (Å²) >= 11 is 0. The van der Waals surface area contributed by atoms with Crippen LogP contribution in [0.2, 0.25) is 0 Å². The zero-order valence-electron chi connectivity index (χ0n) is 14.8. The maximum atomic E-state index is 5.69. The summed E-state index contributed by atoms with van der Waals surface area (Å²) in [4.78, 5) is 2.52. The molecule has 1 aliphatic carbocycles. The fourth-order valence-electron chi connectivity index (χ4n) is 3.94. The van der Waals surface area contributed by atoms with Gasteiger partial charge in [0.25, 0.3) is 0 Å². The minimum Gasteiger partial charge on any atom is -0.464 e. The zero-order chi connectivity index (χ0) is 16.1. The molecule has 23 heavy (non-hydrogen) atoms. The molecule has 2 aromatic rings. The van der Waals surface area contributed by atoms with Crippen molar-refractivity contribution in [3.8, 4) is 0 Å². The van der Waals surface area contributed by atoms with E-state index in [9.17, 15) is 0 Å². The van der Waals surface area contributed by atoms with E-state index < -0.39 is 0 Å². The molecule has 0 aliphatic heterocycles. The summed E-state index contributed by atoms with van der Waals surface area (Å²) in [6.07, 6.45) is 11.8. The third kappa shape index (κ3) is 4.38. The number of para-hydroxylation sites is 1. The number of hydrogen-bond acceptors (Lipinski definition) is 2. The van der Waals surface area contributed by atoms with E-state index in [0.29, 0.717) is 5.92 Å². The van der Waals surface area contributed by atoms with E-state index >= 15 is 0 Å². The van der Waals surface area contributed by atoms with E-state index in [2.05, 4.69) is 37.1 Å². The van der Waals surface area contributed by atoms with Gasteiger partial charge in [0.15, 0.2) is 0 Å². The molecule has 1 unspecified atom stereocenters. The van der Waals surface area contributed by atoms with Crippen molar-refractivity contribution in [1.29, 1.82) is 0 Å². The van der Waals surface area contributed by atoms with Gasteiger partial charge >= 0.3 is 0 Å². The summed E-state index contributed by atoms with van der Waals surface area (Å²) in [5.74, 6) is 1.54. The predicted octanol–water partition coefficient (Wildman–Crippen LogP) is 5.83. The van der Waals surface area contributed by atoms with Gasteiger partial charge in [-0.25, -0.2) is 0 Å². The van der Waals surface area contributed by atoms with Crippen LogP contribution in [0.1, 0.15) is 63.4 Å². The minimum atomic E-state index is 0.552. The van der Waals surface area contributed by atoms with Crippen molar-refractivity contribution in [3.63, 3.8) is 0 Å². The molecular weight excluding hydrogens is 282 g/mol. The van der Waals surface area contributed by atoms with Crippen LogP contribution in [-0.4, -0.2) is 25.0 Å². The van der Waals surface area contributed by atoms with Gasteiger partial charge in [-0.2, -0.15) is 0 Å². The van der Waals surface area contributed by atoms with Gasteiger partial charge in [0.1, 0.15) is 5.58 Å². The second-order valence-corrected chi connectivity index (χ2v) is 7.47. The molecule has 1 heterocycles. The maximum Gasteiger partial charge on any atom is 0.134 e. The van der Waals surface area contributed by atoms with Crippen LogP contribution in [0, 0.1) is 5.92 Å². The van der Waals surface area contributed by atoms with Crippen LogP contribution in [0.3, 0.4) is 0 Å². The molecule has 1 saturated carbocycles. The predicted molar refractivity (Wildman–Crippen MR) is 97.9 cm³/mol. The molecule has 1 atom stereocenters. The van der Waals surface area contributed by atoms with Gasteiger partial charge in [0.2, 0.25) is 0 Å². The average molecular weight is 313 g/mol. The van der Waals surface area contributed by atoms with E-state index in [4.69, 9.17) is 4.42 Å². The number of fused-ring (bicyclic) bond motifs is 1. The molecule has 3 rings (SSSR count). The first-order chi connectivity index (χ1) is 11.2. The van der Waals surface area contributed by atoms with E-state index in [1.165, 1.54) is 69.0 Å². The second kappa shape index (κ2) is 8.01. The van der Waals surface area contributed by atoms with Crippen molar-refractivity contribution < 1.29 is 4.42 Å². The topological polar surface area (TPSA) is 16.4 Å². The number of rotatable bonds is 7. The van der Waals surface area contributed by atoms with Crippen molar-refractivity contribution in [2.24, 2.45) is 5.92 Å². The van der Waals surface area contributed by atoms with Gasteiger partial charge in [0, 0.05) is 10.9 Å². The molecule has 1 aliphatic rings. The number of hydrogen-bond donors (Lipinski definition) is 0. The van der Waals surface area contributed by atoms with Crippen LogP contribution in [0.5, 0.6) is 0 Å². The molecule has 1 aromatic carbocycles. The standard InChI is InChI=1S/C21H31NO/c1-17(20-16-23-21-11-7-6-10-19(20)21)12-14-22(2)15-13-18-8-4-3-5-9-18/h6-7,10-11,16-18H,3-5,8-9,12-15H2,1-2H3. The third-order valence-electron chi connectivity index (χ3n) is 5.63. The molecule has 1 aromatic heterocycles. The Balaban J connectivity index is 1.45. The summed E-state index contributed by atoms with van der Waals surface area (Å²) in [5, 5.41) is 1.28. The highest BCUT2D eigenvalue weighted by Gasteiger charge is 2.16. The Labute approximate surface area is 140 Å². The third-order valence-corrected chi connectivity index (χ3v) is 5.63. The molecule has 1 fully saturated rings. The van der Waals surface area contributed by atoms with Crippen molar-refractivity contribution in [2.75, 3.05) is 20.1 Å². The monoisotopic (exact) mass is 313 g/mol. The fraction of sp³-hybridized carbons (Fsp3) is 0.619. The molecule has 0 saturated heterocycles. The van der Waals surface area contributed by atoms with Gasteiger partial charge in [-0.15, -0.1) is 0 Å². The quantitative estimate of drug-likeness (QED) is 0.639. The van der Waals surface area contributed by atoms with Gasteiger partial charge in [-0.3, -0.25) is 0 Å². The van der Waals surface area contributed by atoms with Crippen molar-refractivity contribution >= 4 is 11.0 Å². The lowest BCUT2D eigenvalue weighted by atomic mass is 9.87. The molecule has 0 spiro atoms. The smallest absolute Gasteiger partial charge is 0.134 e. The Kier molecular flexibility index (Phi) is 5.77. The Morgan fingerprint density at radius 2 is 1.91 bits per heavy atom. The van der Waals surface area contributed by atoms with E-state index in [1.54, 1.807) is 0 Å². The summed E-state index contributed by atoms with van der Waals surface area (Å²) in [7, 11) is 2.28. The van der Waals surface area contributed by atoms with Crippen LogP contribution < -0.4 is 0 Å². The van der Waals surface area contributed by atoms with E-state index in [0.717, 1.165) is 11.5 Å². The average Bonchev–Trinajstić information content (AvgIpc) is 3.03. The normalized spacial score (nSPS) is 17.9. The highest BCUT2D eigenvalue weighted by atomic mass is 16.3. The lowest BCUT2D eigenvalue weighted by Gasteiger charge is -2.25. The summed E-state index contributed by atoms with van der Waals surface area (Å²) in [6.45, 7) is 4.75. The Morgan fingerprint density at radius 3 is 2.74 bits per heavy atom. The largest absolute Gasteiger partial charge is 0.464 e. The second-order valence-electron chi connectivity index (χ2n) is 7.47. The van der Waals surface area contributed by atoms with Gasteiger partial charge in [-0.1, -0.05) is 57.2 Å². The van der Waals surface area contributed by atoms with Crippen molar-refractivity contribution in [2.45, 2.75) is 57.8 Å². The summed E-state index contributed by atoms with van der Waals surface area (Å²) in [5.41, 5.74) is 2.38. The maximum absolute atomic E-state index is 5.69. The highest BCUT2D eigenvalue weighted by molar-refractivity contribution is 5.81. The first-order valence-electron chi connectivity index (χ1n) is 9.38. The molecular formula is C21H31NO. The first kappa shape index (κ1) is 16.6. The molecule has 126 valence electrons. The Hall–Kier alpha value is -1.28. The molecule has 2 nitrogen and oxygen atoms in total. The van der Waals surface area contributed by atoms with Crippen LogP contribution in [0.25, 0.3) is 11.0 Å². The van der Waals surface area contributed by atoms with Crippen molar-refractivity contribution in [1.82, 2.24) is 4.90 Å². The molecule has 0 amide bonds. The molecule has 0 bridgehead atoms. The number of furan rings is 1. The Bertz CT molecular complexity index is 597. The van der Waals surface area contributed by atoms with E-state index in [-0.39, 0.29) is 0 Å². The molecule has 0 N–H and O–H groups in total. The van der Waals surface area contributed by atoms with Crippen LogP contribution in [-0.2, 0) is 0 Å². The minimum absolute atomic E-state index is 0.552. The number of benzene rings is 1. The fourth-order valence-corrected chi connectivity index (χ4v) is 3.94. The van der Waals surface area contributed by atoms with Gasteiger partial charge in [-0.05, 0) is 50.9 Å². The number of nitrogens with zero attached hydrogens (tertiary/aromatic N) is 1. The summed E-state index contributed by atoms with van der Waals surface area (Å²) < 4.78 is 5.69. The highest BCUT2D eigenvalue weighted by Crippen LogP contribution is 2.30. The van der Waals surface area contributed by atoms with Crippen LogP contribution >= 0.6 is 0 Å². The molecule has 2 heteroatoms. The van der Waals surface area contributed by atoms with Crippen LogP contribution in [0.15, 0.2) is 34.9 Å². The Morgan fingerprint density at radius 1 is 1.13 bits per heavy atom. The van der Waals surface area contributed by atoms with Crippen molar-refractivity contribution in [3.05, 3.63) is 36.1 Å². The SMILES string of the molecule is CC(CCN(C)CCC1CCCCC1)c1coc2ccccc12. The molecule has 0 radical (unpaired) electrons. The van der Waals surface area contributed by atoms with Gasteiger partial charge in [0.05, 0.1) is 6.26 Å². The first-order valence-corrected chi connectivity index (χ1v) is 9.38. The zero-order valence-corrected chi connectivity index (χ0v) is 14.8.